The van der Waals surface area contributed by atoms with Gasteiger partial charge < -0.3 is 15.2 Å². The van der Waals surface area contributed by atoms with Gasteiger partial charge >= 0.3 is 0 Å². The van der Waals surface area contributed by atoms with Gasteiger partial charge in [0.05, 0.1) is 0 Å². The average molecular weight is 179 g/mol. The minimum absolute atomic E-state index is 0.0386. The summed E-state index contributed by atoms with van der Waals surface area (Å²) in [4.78, 5) is 0. The number of benzene rings is 1. The quantitative estimate of drug-likeness (QED) is 0.753. The molecule has 1 aliphatic heterocycles. The average Bonchev–Trinajstić information content (AvgIpc) is 2.63. The fourth-order valence-corrected chi connectivity index (χ4v) is 1.46. The molecular weight excluding hydrogens is 166 g/mol. The first-order valence-corrected chi connectivity index (χ1v) is 4.47. The van der Waals surface area contributed by atoms with Crippen LogP contribution in [-0.4, -0.2) is 6.79 Å². The molecular formula is C10H13NO2. The van der Waals surface area contributed by atoms with Gasteiger partial charge in [0, 0.05) is 11.6 Å². The summed E-state index contributed by atoms with van der Waals surface area (Å²) in [5, 5.41) is 0. The molecule has 1 aromatic carbocycles. The van der Waals surface area contributed by atoms with E-state index < -0.39 is 0 Å². The SMILES string of the molecule is CC[C@@H](N)c1cccc2c1OCO2. The lowest BCUT2D eigenvalue weighted by molar-refractivity contribution is 0.173. The van der Waals surface area contributed by atoms with Crippen molar-refractivity contribution in [2.24, 2.45) is 5.73 Å². The van der Waals surface area contributed by atoms with Gasteiger partial charge in [-0.25, -0.2) is 0 Å². The van der Waals surface area contributed by atoms with Crippen molar-refractivity contribution in [1.29, 1.82) is 0 Å². The van der Waals surface area contributed by atoms with Crippen LogP contribution in [0.2, 0.25) is 0 Å². The molecule has 0 bridgehead atoms. The third-order valence-corrected chi connectivity index (χ3v) is 2.27. The molecule has 3 heteroatoms. The lowest BCUT2D eigenvalue weighted by atomic mass is 10.0. The molecule has 1 atom stereocenters. The first-order valence-electron chi connectivity index (χ1n) is 4.47. The van der Waals surface area contributed by atoms with E-state index in [9.17, 15) is 0 Å². The molecule has 0 saturated carbocycles. The van der Waals surface area contributed by atoms with Crippen molar-refractivity contribution < 1.29 is 9.47 Å². The van der Waals surface area contributed by atoms with Crippen molar-refractivity contribution in [3.63, 3.8) is 0 Å². The highest BCUT2D eigenvalue weighted by atomic mass is 16.7. The Hall–Kier alpha value is -1.22. The van der Waals surface area contributed by atoms with Gasteiger partial charge in [0.1, 0.15) is 0 Å². The number of hydrogen-bond donors (Lipinski definition) is 1. The first kappa shape index (κ1) is 8.38. The van der Waals surface area contributed by atoms with Gasteiger partial charge in [-0.15, -0.1) is 0 Å². The molecule has 0 unspecified atom stereocenters. The molecule has 1 aromatic rings. The summed E-state index contributed by atoms with van der Waals surface area (Å²) in [5.74, 6) is 1.62. The van der Waals surface area contributed by atoms with E-state index in [1.54, 1.807) is 0 Å². The predicted molar refractivity (Wildman–Crippen MR) is 49.8 cm³/mol. The summed E-state index contributed by atoms with van der Waals surface area (Å²) >= 11 is 0. The molecule has 2 N–H and O–H groups in total. The molecule has 3 nitrogen and oxygen atoms in total. The zero-order valence-electron chi connectivity index (χ0n) is 7.62. The standard InChI is InChI=1S/C10H13NO2/c1-2-8(11)7-4-3-5-9-10(7)13-6-12-9/h3-5,8H,2,6,11H2,1H3/t8-/m1/s1. The summed E-state index contributed by atoms with van der Waals surface area (Å²) in [6, 6.07) is 5.87. The molecule has 13 heavy (non-hydrogen) atoms. The fourth-order valence-electron chi connectivity index (χ4n) is 1.46. The van der Waals surface area contributed by atoms with E-state index in [1.165, 1.54) is 0 Å². The summed E-state index contributed by atoms with van der Waals surface area (Å²) < 4.78 is 10.6. The highest BCUT2D eigenvalue weighted by Crippen LogP contribution is 2.38. The molecule has 0 saturated heterocycles. The maximum atomic E-state index is 5.93. The zero-order valence-corrected chi connectivity index (χ0v) is 7.62. The number of para-hydroxylation sites is 1. The van der Waals surface area contributed by atoms with Crippen LogP contribution in [0.4, 0.5) is 0 Å². The summed E-state index contributed by atoms with van der Waals surface area (Å²) in [7, 11) is 0. The van der Waals surface area contributed by atoms with Crippen LogP contribution >= 0.6 is 0 Å². The summed E-state index contributed by atoms with van der Waals surface area (Å²) in [6.45, 7) is 2.36. The third-order valence-electron chi connectivity index (χ3n) is 2.27. The van der Waals surface area contributed by atoms with Crippen LogP contribution < -0.4 is 15.2 Å². The Morgan fingerprint density at radius 1 is 1.46 bits per heavy atom. The van der Waals surface area contributed by atoms with Gasteiger partial charge in [0.2, 0.25) is 6.79 Å². The molecule has 70 valence electrons. The van der Waals surface area contributed by atoms with Crippen LogP contribution in [0.15, 0.2) is 18.2 Å². The Morgan fingerprint density at radius 2 is 2.31 bits per heavy atom. The molecule has 0 radical (unpaired) electrons. The summed E-state index contributed by atoms with van der Waals surface area (Å²) in [6.07, 6.45) is 0.903. The molecule has 1 heterocycles. The van der Waals surface area contributed by atoms with Crippen LogP contribution in [0.3, 0.4) is 0 Å². The maximum Gasteiger partial charge on any atom is 0.231 e. The van der Waals surface area contributed by atoms with Gasteiger partial charge in [-0.05, 0) is 12.5 Å². The number of ether oxygens (including phenoxy) is 2. The van der Waals surface area contributed by atoms with E-state index in [1.807, 2.05) is 18.2 Å². The van der Waals surface area contributed by atoms with E-state index in [2.05, 4.69) is 6.92 Å². The number of rotatable bonds is 2. The van der Waals surface area contributed by atoms with Crippen LogP contribution in [0, 0.1) is 0 Å². The Kier molecular flexibility index (Phi) is 2.10. The monoisotopic (exact) mass is 179 g/mol. The van der Waals surface area contributed by atoms with Crippen molar-refractivity contribution in [3.8, 4) is 11.5 Å². The van der Waals surface area contributed by atoms with Crippen LogP contribution in [-0.2, 0) is 0 Å². The Labute approximate surface area is 77.5 Å². The third kappa shape index (κ3) is 1.35. The van der Waals surface area contributed by atoms with Gasteiger partial charge in [-0.2, -0.15) is 0 Å². The Bertz CT molecular complexity index is 312. The smallest absolute Gasteiger partial charge is 0.231 e. The van der Waals surface area contributed by atoms with Crippen molar-refractivity contribution >= 4 is 0 Å². The Morgan fingerprint density at radius 3 is 3.08 bits per heavy atom. The second-order valence-corrected chi connectivity index (χ2v) is 3.10. The largest absolute Gasteiger partial charge is 0.454 e. The van der Waals surface area contributed by atoms with Crippen molar-refractivity contribution in [2.75, 3.05) is 6.79 Å². The van der Waals surface area contributed by atoms with Crippen molar-refractivity contribution in [1.82, 2.24) is 0 Å². The van der Waals surface area contributed by atoms with Gasteiger partial charge in [-0.3, -0.25) is 0 Å². The molecule has 0 amide bonds. The van der Waals surface area contributed by atoms with E-state index in [0.29, 0.717) is 6.79 Å². The molecule has 0 aromatic heterocycles. The van der Waals surface area contributed by atoms with Crippen LogP contribution in [0.25, 0.3) is 0 Å². The second-order valence-electron chi connectivity index (χ2n) is 3.10. The van der Waals surface area contributed by atoms with Crippen LogP contribution in [0.1, 0.15) is 24.9 Å². The first-order chi connectivity index (χ1) is 6.33. The van der Waals surface area contributed by atoms with Gasteiger partial charge in [0.15, 0.2) is 11.5 Å². The molecule has 2 rings (SSSR count). The number of fused-ring (bicyclic) bond motifs is 1. The van der Waals surface area contributed by atoms with Crippen molar-refractivity contribution in [3.05, 3.63) is 23.8 Å². The lowest BCUT2D eigenvalue weighted by Gasteiger charge is -2.11. The summed E-state index contributed by atoms with van der Waals surface area (Å²) in [5.41, 5.74) is 6.97. The van der Waals surface area contributed by atoms with Gasteiger partial charge in [-0.1, -0.05) is 19.1 Å². The Balaban J connectivity index is 2.41. The highest BCUT2D eigenvalue weighted by molar-refractivity contribution is 5.49. The number of nitrogens with two attached hydrogens (primary N) is 1. The van der Waals surface area contributed by atoms with Crippen LogP contribution in [0.5, 0.6) is 11.5 Å². The van der Waals surface area contributed by atoms with E-state index in [4.69, 9.17) is 15.2 Å². The lowest BCUT2D eigenvalue weighted by Crippen LogP contribution is -2.09. The minimum atomic E-state index is 0.0386. The second kappa shape index (κ2) is 3.26. The normalized spacial score (nSPS) is 15.8. The molecule has 0 fully saturated rings. The predicted octanol–water partition coefficient (Wildman–Crippen LogP) is 1.83. The topological polar surface area (TPSA) is 44.5 Å². The minimum Gasteiger partial charge on any atom is -0.454 e. The number of hydrogen-bond acceptors (Lipinski definition) is 3. The van der Waals surface area contributed by atoms with Gasteiger partial charge in [0.25, 0.3) is 0 Å². The van der Waals surface area contributed by atoms with E-state index in [0.717, 1.165) is 23.5 Å². The zero-order chi connectivity index (χ0) is 9.26. The fraction of sp³-hybridized carbons (Fsp3) is 0.400. The molecule has 1 aliphatic rings. The van der Waals surface area contributed by atoms with E-state index >= 15 is 0 Å². The van der Waals surface area contributed by atoms with Crippen molar-refractivity contribution in [2.45, 2.75) is 19.4 Å². The van der Waals surface area contributed by atoms with E-state index in [-0.39, 0.29) is 6.04 Å². The molecule has 0 aliphatic carbocycles. The highest BCUT2D eigenvalue weighted by Gasteiger charge is 2.19. The molecule has 0 spiro atoms. The maximum absolute atomic E-state index is 5.93.